The third kappa shape index (κ3) is 3.37. The molecule has 5 aliphatic rings. The van der Waals surface area contributed by atoms with Crippen LogP contribution in [0.25, 0.3) is 0 Å². The Labute approximate surface area is 177 Å². The molecule has 1 amide bonds. The molecule has 30 heavy (non-hydrogen) atoms. The van der Waals surface area contributed by atoms with Gasteiger partial charge in [-0.2, -0.15) is 0 Å². The standard InChI is InChI=1S/C23H31N3O4/c1-21-10-16-11-22(2,13-21)15-23(12-16,14-21)24-20(27)17-3-4-18(19(9-17)26(28)29)25-5-7-30-8-6-25/h3-4,9,16H,5-8,10-15H2,1-2H3,(H,24,27). The van der Waals surface area contributed by atoms with Gasteiger partial charge < -0.3 is 15.0 Å². The molecule has 1 aromatic rings. The van der Waals surface area contributed by atoms with E-state index in [0.29, 0.717) is 54.3 Å². The van der Waals surface area contributed by atoms with Crippen molar-refractivity contribution in [1.82, 2.24) is 5.32 Å². The molecule has 0 spiro atoms. The van der Waals surface area contributed by atoms with Crippen molar-refractivity contribution in [3.8, 4) is 0 Å². The molecule has 1 N–H and O–H groups in total. The van der Waals surface area contributed by atoms with E-state index in [1.807, 2.05) is 4.90 Å². The van der Waals surface area contributed by atoms with Crippen LogP contribution in [0.3, 0.4) is 0 Å². The first-order chi connectivity index (χ1) is 14.2. The molecule has 4 aliphatic carbocycles. The Morgan fingerprint density at radius 2 is 1.80 bits per heavy atom. The van der Waals surface area contributed by atoms with Gasteiger partial charge in [-0.1, -0.05) is 13.8 Å². The number of hydrogen-bond donors (Lipinski definition) is 1. The van der Waals surface area contributed by atoms with Crippen LogP contribution in [0.1, 0.15) is 62.7 Å². The smallest absolute Gasteiger partial charge is 0.293 e. The number of nitro groups is 1. The second kappa shape index (κ2) is 6.67. The lowest BCUT2D eigenvalue weighted by atomic mass is 9.43. The fourth-order valence-corrected chi connectivity index (χ4v) is 7.78. The van der Waals surface area contributed by atoms with Gasteiger partial charge >= 0.3 is 0 Å². The highest BCUT2D eigenvalue weighted by Crippen LogP contribution is 2.66. The van der Waals surface area contributed by atoms with Crippen molar-refractivity contribution in [1.29, 1.82) is 0 Å². The average Bonchev–Trinajstić information content (AvgIpc) is 2.65. The predicted octanol–water partition coefficient (Wildman–Crippen LogP) is 3.91. The highest BCUT2D eigenvalue weighted by Gasteiger charge is 2.60. The molecule has 7 heteroatoms. The summed E-state index contributed by atoms with van der Waals surface area (Å²) < 4.78 is 5.36. The van der Waals surface area contributed by atoms with Crippen LogP contribution in [0.4, 0.5) is 11.4 Å². The fraction of sp³-hybridized carbons (Fsp3) is 0.696. The summed E-state index contributed by atoms with van der Waals surface area (Å²) in [5.41, 5.74) is 1.37. The summed E-state index contributed by atoms with van der Waals surface area (Å²) in [5.74, 6) is 0.496. The van der Waals surface area contributed by atoms with Crippen LogP contribution < -0.4 is 10.2 Å². The van der Waals surface area contributed by atoms with Gasteiger partial charge in [-0.05, 0) is 67.4 Å². The van der Waals surface area contributed by atoms with Gasteiger partial charge in [0.2, 0.25) is 0 Å². The molecule has 162 valence electrons. The Hall–Kier alpha value is -2.15. The van der Waals surface area contributed by atoms with Gasteiger partial charge in [0, 0.05) is 30.3 Å². The number of ether oxygens (including phenoxy) is 1. The van der Waals surface area contributed by atoms with Gasteiger partial charge in [0.25, 0.3) is 11.6 Å². The molecule has 1 aliphatic heterocycles. The van der Waals surface area contributed by atoms with E-state index in [-0.39, 0.29) is 22.1 Å². The lowest BCUT2D eigenvalue weighted by Gasteiger charge is -2.65. The summed E-state index contributed by atoms with van der Waals surface area (Å²) in [6, 6.07) is 4.90. The Morgan fingerprint density at radius 1 is 1.13 bits per heavy atom. The molecule has 0 radical (unpaired) electrons. The maximum absolute atomic E-state index is 13.2. The quantitative estimate of drug-likeness (QED) is 0.598. The fourth-order valence-electron chi connectivity index (χ4n) is 7.78. The topological polar surface area (TPSA) is 84.7 Å². The van der Waals surface area contributed by atoms with Crippen LogP contribution in [0.2, 0.25) is 0 Å². The molecule has 1 saturated heterocycles. The molecule has 4 bridgehead atoms. The van der Waals surface area contributed by atoms with Gasteiger partial charge in [-0.25, -0.2) is 0 Å². The molecular formula is C23H31N3O4. The van der Waals surface area contributed by atoms with Crippen LogP contribution in [-0.2, 0) is 4.74 Å². The highest BCUT2D eigenvalue weighted by molar-refractivity contribution is 5.96. The zero-order chi connectivity index (χ0) is 21.1. The zero-order valence-corrected chi connectivity index (χ0v) is 17.9. The molecule has 6 rings (SSSR count). The van der Waals surface area contributed by atoms with E-state index in [4.69, 9.17) is 4.74 Å². The lowest BCUT2D eigenvalue weighted by molar-refractivity contribution is -0.384. The summed E-state index contributed by atoms with van der Waals surface area (Å²) in [4.78, 5) is 26.6. The van der Waals surface area contributed by atoms with Crippen LogP contribution >= 0.6 is 0 Å². The average molecular weight is 414 g/mol. The van der Waals surface area contributed by atoms with Crippen molar-refractivity contribution >= 4 is 17.3 Å². The lowest BCUT2D eigenvalue weighted by Crippen LogP contribution is -2.65. The van der Waals surface area contributed by atoms with Gasteiger partial charge in [0.05, 0.1) is 18.1 Å². The first kappa shape index (κ1) is 19.8. The minimum atomic E-state index is -0.381. The molecule has 2 atom stereocenters. The molecule has 1 aromatic carbocycles. The molecule has 4 saturated carbocycles. The normalized spacial score (nSPS) is 37.3. The number of nitro benzene ring substituents is 1. The number of anilines is 1. The maximum atomic E-state index is 13.2. The summed E-state index contributed by atoms with van der Waals surface area (Å²) in [6.45, 7) is 7.10. The predicted molar refractivity (Wildman–Crippen MR) is 114 cm³/mol. The number of rotatable bonds is 4. The van der Waals surface area contributed by atoms with Crippen molar-refractivity contribution in [3.63, 3.8) is 0 Å². The molecular weight excluding hydrogens is 382 g/mol. The third-order valence-corrected chi connectivity index (χ3v) is 7.79. The summed E-state index contributed by atoms with van der Waals surface area (Å²) in [5, 5.41) is 15.1. The van der Waals surface area contributed by atoms with E-state index in [1.165, 1.54) is 25.3 Å². The number of benzene rings is 1. The van der Waals surface area contributed by atoms with E-state index < -0.39 is 0 Å². The number of nitrogens with zero attached hydrogens (tertiary/aromatic N) is 2. The second-order valence-electron chi connectivity index (χ2n) is 10.9. The summed E-state index contributed by atoms with van der Waals surface area (Å²) >= 11 is 0. The van der Waals surface area contributed by atoms with E-state index in [2.05, 4.69) is 19.2 Å². The van der Waals surface area contributed by atoms with Gasteiger partial charge in [-0.15, -0.1) is 0 Å². The third-order valence-electron chi connectivity index (χ3n) is 7.79. The maximum Gasteiger partial charge on any atom is 0.293 e. The largest absolute Gasteiger partial charge is 0.378 e. The van der Waals surface area contributed by atoms with E-state index in [9.17, 15) is 14.9 Å². The number of morpholine rings is 1. The number of hydrogen-bond acceptors (Lipinski definition) is 5. The first-order valence-corrected chi connectivity index (χ1v) is 11.1. The van der Waals surface area contributed by atoms with Crippen LogP contribution in [-0.4, -0.2) is 42.7 Å². The Morgan fingerprint density at radius 3 is 2.40 bits per heavy atom. The van der Waals surface area contributed by atoms with Crippen molar-refractivity contribution in [3.05, 3.63) is 33.9 Å². The van der Waals surface area contributed by atoms with Crippen molar-refractivity contribution in [2.24, 2.45) is 16.7 Å². The highest BCUT2D eigenvalue weighted by atomic mass is 16.6. The minimum absolute atomic E-state index is 0.00557. The van der Waals surface area contributed by atoms with Crippen molar-refractivity contribution in [2.75, 3.05) is 31.2 Å². The van der Waals surface area contributed by atoms with Crippen LogP contribution in [0.5, 0.6) is 0 Å². The molecule has 0 aromatic heterocycles. The van der Waals surface area contributed by atoms with E-state index in [0.717, 1.165) is 19.3 Å². The Bertz CT molecular complexity index is 876. The van der Waals surface area contributed by atoms with Crippen LogP contribution in [0.15, 0.2) is 18.2 Å². The number of amides is 1. The molecule has 5 fully saturated rings. The van der Waals surface area contributed by atoms with E-state index >= 15 is 0 Å². The summed E-state index contributed by atoms with van der Waals surface area (Å²) in [7, 11) is 0. The molecule has 2 unspecified atom stereocenters. The Kier molecular flexibility index (Phi) is 4.40. The Balaban J connectivity index is 1.40. The van der Waals surface area contributed by atoms with Gasteiger partial charge in [0.15, 0.2) is 0 Å². The zero-order valence-electron chi connectivity index (χ0n) is 17.9. The van der Waals surface area contributed by atoms with E-state index in [1.54, 1.807) is 12.1 Å². The number of nitrogens with one attached hydrogen (secondary N) is 1. The van der Waals surface area contributed by atoms with Crippen molar-refractivity contribution < 1.29 is 14.5 Å². The summed E-state index contributed by atoms with van der Waals surface area (Å²) in [6.07, 6.45) is 6.85. The minimum Gasteiger partial charge on any atom is -0.378 e. The first-order valence-electron chi connectivity index (χ1n) is 11.1. The van der Waals surface area contributed by atoms with Crippen LogP contribution in [0, 0.1) is 26.9 Å². The second-order valence-corrected chi connectivity index (χ2v) is 10.9. The molecule has 1 heterocycles. The molecule has 7 nitrogen and oxygen atoms in total. The van der Waals surface area contributed by atoms with Gasteiger partial charge in [-0.3, -0.25) is 14.9 Å². The van der Waals surface area contributed by atoms with Gasteiger partial charge in [0.1, 0.15) is 5.69 Å². The number of carbonyl (C=O) groups is 1. The van der Waals surface area contributed by atoms with Crippen molar-refractivity contribution in [2.45, 2.75) is 57.9 Å². The number of carbonyl (C=O) groups excluding carboxylic acids is 1. The SMILES string of the molecule is CC12CC3CC(C)(C1)CC(NC(=O)c1ccc(N4CCOCC4)c([N+](=O)[O-])c1)(C3)C2. The monoisotopic (exact) mass is 413 g/mol.